The first kappa shape index (κ1) is 16.0. The Morgan fingerprint density at radius 3 is 1.89 bits per heavy atom. The number of ether oxygens (including phenoxy) is 2. The Bertz CT molecular complexity index is 402. The maximum atomic E-state index is 12.2. The molecule has 108 valence electrons. The molecule has 1 aliphatic rings. The van der Waals surface area contributed by atoms with Gasteiger partial charge in [0.15, 0.2) is 0 Å². The van der Waals surface area contributed by atoms with Gasteiger partial charge in [0.1, 0.15) is 0 Å². The van der Waals surface area contributed by atoms with E-state index < -0.39 is 25.4 Å². The summed E-state index contributed by atoms with van der Waals surface area (Å²) in [6.07, 6.45) is 2.78. The van der Waals surface area contributed by atoms with Crippen molar-refractivity contribution in [3.05, 3.63) is 10.8 Å². The molecule has 5 heteroatoms. The second-order valence-corrected chi connectivity index (χ2v) is 10.9. The summed E-state index contributed by atoms with van der Waals surface area (Å²) >= 11 is 0. The minimum absolute atomic E-state index is 0.483. The molecule has 4 nitrogen and oxygen atoms in total. The number of methoxy groups -OCH3 is 2. The third-order valence-corrected chi connectivity index (χ3v) is 5.76. The minimum Gasteiger partial charge on any atom is -0.468 e. The second kappa shape index (κ2) is 5.49. The number of carbonyl (C=O) groups is 2. The molecule has 0 saturated carbocycles. The predicted octanol–water partition coefficient (Wildman–Crippen LogP) is 2.70. The lowest BCUT2D eigenvalue weighted by atomic mass is 9.98. The lowest BCUT2D eigenvalue weighted by Gasteiger charge is -2.20. The fraction of sp³-hybridized carbons (Fsp3) is 0.714. The summed E-state index contributed by atoms with van der Waals surface area (Å²) < 4.78 is 9.75. The average Bonchev–Trinajstić information content (AvgIpc) is 3.04. The summed E-state index contributed by atoms with van der Waals surface area (Å²) in [5.41, 5.74) is -0.240. The molecule has 0 amide bonds. The van der Waals surface area contributed by atoms with E-state index in [9.17, 15) is 9.59 Å². The molecule has 0 atom stereocenters. The van der Waals surface area contributed by atoms with Gasteiger partial charge in [-0.15, -0.1) is 0 Å². The van der Waals surface area contributed by atoms with E-state index in [1.165, 1.54) is 14.2 Å². The van der Waals surface area contributed by atoms with Crippen molar-refractivity contribution in [1.82, 2.24) is 0 Å². The third-order valence-electron chi connectivity index (χ3n) is 3.58. The molecular formula is C14H24O4Si. The number of esters is 2. The summed E-state index contributed by atoms with van der Waals surface area (Å²) in [7, 11) is 0.896. The highest BCUT2D eigenvalue weighted by atomic mass is 28.3. The Morgan fingerprint density at radius 1 is 1.11 bits per heavy atom. The topological polar surface area (TPSA) is 52.6 Å². The highest BCUT2D eigenvalue weighted by Gasteiger charge is 2.68. The molecule has 1 aliphatic carbocycles. The van der Waals surface area contributed by atoms with Crippen molar-refractivity contribution in [3.63, 3.8) is 0 Å². The molecule has 0 aromatic heterocycles. The molecule has 0 bridgehead atoms. The summed E-state index contributed by atoms with van der Waals surface area (Å²) in [5.74, 6) is -0.967. The SMILES string of the molecule is CCCCC1=C([Si](C)(C)C)C1(C(=O)OC)C(=O)OC. The van der Waals surface area contributed by atoms with Crippen LogP contribution in [0.15, 0.2) is 10.8 Å². The Hall–Kier alpha value is -1.10. The molecule has 1 rings (SSSR count). The van der Waals surface area contributed by atoms with E-state index in [1.807, 2.05) is 0 Å². The zero-order valence-electron chi connectivity index (χ0n) is 12.8. The van der Waals surface area contributed by atoms with Crippen LogP contribution < -0.4 is 0 Å². The number of unbranched alkanes of at least 4 members (excludes halogenated alkanes) is 1. The summed E-state index contributed by atoms with van der Waals surface area (Å²) in [4.78, 5) is 24.4. The van der Waals surface area contributed by atoms with Crippen LogP contribution in [-0.4, -0.2) is 34.2 Å². The summed E-state index contributed by atoms with van der Waals surface area (Å²) in [5, 5.41) is 1.01. The molecule has 0 unspecified atom stereocenters. The van der Waals surface area contributed by atoms with Gasteiger partial charge in [0, 0.05) is 0 Å². The summed E-state index contributed by atoms with van der Waals surface area (Å²) in [6.45, 7) is 8.51. The van der Waals surface area contributed by atoms with Crippen molar-refractivity contribution in [2.45, 2.75) is 45.8 Å². The third kappa shape index (κ3) is 2.48. The Morgan fingerprint density at radius 2 is 1.58 bits per heavy atom. The molecule has 0 heterocycles. The van der Waals surface area contributed by atoms with Gasteiger partial charge >= 0.3 is 11.9 Å². The van der Waals surface area contributed by atoms with Gasteiger partial charge in [0.2, 0.25) is 5.41 Å². The van der Waals surface area contributed by atoms with Gasteiger partial charge in [-0.05, 0) is 23.6 Å². The quantitative estimate of drug-likeness (QED) is 0.427. The fourth-order valence-electron chi connectivity index (χ4n) is 2.85. The standard InChI is InChI=1S/C14H24O4Si/c1-7-8-9-10-11(19(4,5)6)14(10,12(15)17-2)13(16)18-3/h7-9H2,1-6H3. The van der Waals surface area contributed by atoms with Crippen molar-refractivity contribution >= 4 is 20.0 Å². The first-order chi connectivity index (χ1) is 8.78. The van der Waals surface area contributed by atoms with Gasteiger partial charge in [0.25, 0.3) is 0 Å². The van der Waals surface area contributed by atoms with Crippen molar-refractivity contribution in [1.29, 1.82) is 0 Å². The van der Waals surface area contributed by atoms with Crippen molar-refractivity contribution < 1.29 is 19.1 Å². The van der Waals surface area contributed by atoms with Gasteiger partial charge in [-0.2, -0.15) is 0 Å². The highest BCUT2D eigenvalue weighted by Crippen LogP contribution is 2.60. The van der Waals surface area contributed by atoms with Crippen LogP contribution in [0.2, 0.25) is 19.6 Å². The van der Waals surface area contributed by atoms with Gasteiger partial charge < -0.3 is 9.47 Å². The largest absolute Gasteiger partial charge is 0.468 e. The van der Waals surface area contributed by atoms with Gasteiger partial charge in [-0.3, -0.25) is 9.59 Å². The van der Waals surface area contributed by atoms with E-state index in [0.717, 1.165) is 30.0 Å². The second-order valence-electron chi connectivity index (χ2n) is 5.94. The minimum atomic E-state index is -1.75. The zero-order valence-corrected chi connectivity index (χ0v) is 13.8. The number of hydrogen-bond acceptors (Lipinski definition) is 4. The van der Waals surface area contributed by atoms with Crippen molar-refractivity contribution in [2.75, 3.05) is 14.2 Å². The molecule has 0 aromatic carbocycles. The van der Waals surface area contributed by atoms with Gasteiger partial charge in [0.05, 0.1) is 22.3 Å². The van der Waals surface area contributed by atoms with E-state index in [1.54, 1.807) is 0 Å². The maximum Gasteiger partial charge on any atom is 0.331 e. The van der Waals surface area contributed by atoms with E-state index in [0.29, 0.717) is 0 Å². The van der Waals surface area contributed by atoms with Crippen LogP contribution >= 0.6 is 0 Å². The first-order valence-corrected chi connectivity index (χ1v) is 10.2. The molecule has 19 heavy (non-hydrogen) atoms. The molecule has 0 saturated heterocycles. The molecule has 0 spiro atoms. The lowest BCUT2D eigenvalue weighted by Crippen LogP contribution is -2.38. The van der Waals surface area contributed by atoms with E-state index in [2.05, 4.69) is 26.6 Å². The normalized spacial score (nSPS) is 17.2. The molecule has 0 radical (unpaired) electrons. The van der Waals surface area contributed by atoms with Crippen LogP contribution in [0, 0.1) is 5.41 Å². The van der Waals surface area contributed by atoms with E-state index >= 15 is 0 Å². The molecule has 0 aliphatic heterocycles. The molecule has 0 fully saturated rings. The number of hydrogen-bond donors (Lipinski definition) is 0. The van der Waals surface area contributed by atoms with Crippen molar-refractivity contribution in [3.8, 4) is 0 Å². The first-order valence-electron chi connectivity index (χ1n) is 6.69. The Kier molecular flexibility index (Phi) is 4.61. The monoisotopic (exact) mass is 284 g/mol. The lowest BCUT2D eigenvalue weighted by molar-refractivity contribution is -0.160. The van der Waals surface area contributed by atoms with Crippen LogP contribution in [0.5, 0.6) is 0 Å². The van der Waals surface area contributed by atoms with Crippen LogP contribution in [0.3, 0.4) is 0 Å². The highest BCUT2D eigenvalue weighted by molar-refractivity contribution is 6.86. The van der Waals surface area contributed by atoms with E-state index in [-0.39, 0.29) is 0 Å². The predicted molar refractivity (Wildman–Crippen MR) is 76.4 cm³/mol. The van der Waals surface area contributed by atoms with Crippen LogP contribution in [0.25, 0.3) is 0 Å². The molecular weight excluding hydrogens is 260 g/mol. The van der Waals surface area contributed by atoms with Crippen LogP contribution in [0.1, 0.15) is 26.2 Å². The zero-order chi connectivity index (χ0) is 14.8. The smallest absolute Gasteiger partial charge is 0.331 e. The van der Waals surface area contributed by atoms with Crippen LogP contribution in [-0.2, 0) is 19.1 Å². The molecule has 0 aromatic rings. The average molecular weight is 284 g/mol. The Balaban J connectivity index is 3.20. The Labute approximate surface area is 116 Å². The maximum absolute atomic E-state index is 12.2. The number of carbonyl (C=O) groups excluding carboxylic acids is 2. The number of rotatable bonds is 6. The molecule has 0 N–H and O–H groups in total. The van der Waals surface area contributed by atoms with Gasteiger partial charge in [-0.25, -0.2) is 0 Å². The summed E-state index contributed by atoms with van der Waals surface area (Å²) in [6, 6.07) is 0. The fourth-order valence-corrected chi connectivity index (χ4v) is 5.49. The van der Waals surface area contributed by atoms with Crippen molar-refractivity contribution in [2.24, 2.45) is 5.41 Å². The van der Waals surface area contributed by atoms with Crippen LogP contribution in [0.4, 0.5) is 0 Å². The van der Waals surface area contributed by atoms with E-state index in [4.69, 9.17) is 9.47 Å². The van der Waals surface area contributed by atoms with Gasteiger partial charge in [-0.1, -0.05) is 33.0 Å².